The van der Waals surface area contributed by atoms with Gasteiger partial charge >= 0.3 is 12.3 Å². The van der Waals surface area contributed by atoms with E-state index in [1.54, 1.807) is 41.5 Å². The molecule has 9 heteroatoms. The van der Waals surface area contributed by atoms with Gasteiger partial charge in [-0.1, -0.05) is 36.4 Å². The summed E-state index contributed by atoms with van der Waals surface area (Å²) in [7, 11) is 0. The molecule has 0 radical (unpaired) electrons. The summed E-state index contributed by atoms with van der Waals surface area (Å²) in [6.07, 6.45) is -2.12. The number of ether oxygens (including phenoxy) is 2. The van der Waals surface area contributed by atoms with Crippen LogP contribution in [-0.4, -0.2) is 36.3 Å². The van der Waals surface area contributed by atoms with E-state index < -0.39 is 22.8 Å². The molecule has 5 rings (SSSR count). The Kier molecular flexibility index (Phi) is 9.08. The van der Waals surface area contributed by atoms with E-state index in [4.69, 9.17) is 19.2 Å². The molecular weight excluding hydrogens is 581 g/mol. The van der Waals surface area contributed by atoms with Gasteiger partial charge in [0.2, 0.25) is 0 Å². The molecule has 0 bridgehead atoms. The first-order valence-electron chi connectivity index (χ1n) is 14.8. The van der Waals surface area contributed by atoms with Crippen molar-refractivity contribution >= 4 is 6.09 Å². The van der Waals surface area contributed by atoms with Gasteiger partial charge in [0, 0.05) is 24.1 Å². The summed E-state index contributed by atoms with van der Waals surface area (Å²) in [6.45, 7) is 6.60. The molecule has 6 nitrogen and oxygen atoms in total. The van der Waals surface area contributed by atoms with Crippen molar-refractivity contribution in [2.45, 2.75) is 57.4 Å². The predicted molar refractivity (Wildman–Crippen MR) is 164 cm³/mol. The lowest BCUT2D eigenvalue weighted by atomic mass is 9.73. The van der Waals surface area contributed by atoms with Gasteiger partial charge in [0.25, 0.3) is 0 Å². The van der Waals surface area contributed by atoms with Crippen LogP contribution in [0.3, 0.4) is 0 Å². The zero-order valence-corrected chi connectivity index (χ0v) is 25.5. The van der Waals surface area contributed by atoms with Crippen LogP contribution in [0, 0.1) is 11.3 Å². The smallest absolute Gasteiger partial charge is 0.416 e. The zero-order chi connectivity index (χ0) is 32.2. The molecule has 3 aromatic carbocycles. The Balaban J connectivity index is 1.38. The number of furan rings is 1. The average molecular weight is 617 g/mol. The van der Waals surface area contributed by atoms with Gasteiger partial charge in [-0.05, 0) is 98.3 Å². The molecule has 1 aromatic heterocycles. The number of rotatable bonds is 7. The predicted octanol–water partition coefficient (Wildman–Crippen LogP) is 8.99. The zero-order valence-electron chi connectivity index (χ0n) is 25.5. The summed E-state index contributed by atoms with van der Waals surface area (Å²) in [6, 6.07) is 24.1. The van der Waals surface area contributed by atoms with E-state index in [-0.39, 0.29) is 19.3 Å². The molecule has 4 aromatic rings. The largest absolute Gasteiger partial charge is 0.464 e. The van der Waals surface area contributed by atoms with Crippen molar-refractivity contribution in [1.82, 2.24) is 4.90 Å². The Morgan fingerprint density at radius 2 is 1.60 bits per heavy atom. The van der Waals surface area contributed by atoms with Gasteiger partial charge in [-0.2, -0.15) is 18.4 Å². The first kappa shape index (κ1) is 31.9. The molecule has 1 fully saturated rings. The van der Waals surface area contributed by atoms with Gasteiger partial charge in [0.05, 0.1) is 36.7 Å². The van der Waals surface area contributed by atoms with E-state index in [0.29, 0.717) is 48.2 Å². The molecule has 0 atom stereocenters. The van der Waals surface area contributed by atoms with Gasteiger partial charge in [0.15, 0.2) is 0 Å². The highest BCUT2D eigenvalue weighted by atomic mass is 19.4. The number of benzene rings is 3. The second kappa shape index (κ2) is 12.8. The number of halogens is 3. The first-order valence-corrected chi connectivity index (χ1v) is 14.8. The molecule has 0 N–H and O–H groups in total. The van der Waals surface area contributed by atoms with Crippen LogP contribution in [0.15, 0.2) is 89.5 Å². The Morgan fingerprint density at radius 3 is 2.18 bits per heavy atom. The summed E-state index contributed by atoms with van der Waals surface area (Å²) in [5.74, 6) is 0.745. The highest BCUT2D eigenvalue weighted by Gasteiger charge is 2.39. The average Bonchev–Trinajstić information content (AvgIpc) is 3.55. The summed E-state index contributed by atoms with van der Waals surface area (Å²) in [4.78, 5) is 14.5. The SMILES string of the molecule is CC(C)(C)OC(=O)N1CCC(COCc2cc(-c3ccc(C#N)cc3)cc(C(F)(F)F)c2)(c2ccc(-c3ccco3)cc2)CC1. The third-order valence-corrected chi connectivity index (χ3v) is 7.99. The lowest BCUT2D eigenvalue weighted by molar-refractivity contribution is -0.137. The summed E-state index contributed by atoms with van der Waals surface area (Å²) >= 11 is 0. The Hall–Kier alpha value is -4.55. The van der Waals surface area contributed by atoms with Crippen molar-refractivity contribution in [3.05, 3.63) is 107 Å². The highest BCUT2D eigenvalue weighted by molar-refractivity contribution is 5.68. The van der Waals surface area contributed by atoms with Crippen molar-refractivity contribution in [1.29, 1.82) is 5.26 Å². The lowest BCUT2D eigenvalue weighted by Gasteiger charge is -2.42. The van der Waals surface area contributed by atoms with Crippen molar-refractivity contribution in [2.75, 3.05) is 19.7 Å². The molecule has 0 saturated carbocycles. The highest BCUT2D eigenvalue weighted by Crippen LogP contribution is 2.39. The van der Waals surface area contributed by atoms with E-state index in [1.165, 1.54) is 0 Å². The Morgan fingerprint density at radius 1 is 0.933 bits per heavy atom. The minimum atomic E-state index is -4.54. The van der Waals surface area contributed by atoms with E-state index in [1.807, 2.05) is 63.2 Å². The number of carbonyl (C=O) groups excluding carboxylic acids is 1. The van der Waals surface area contributed by atoms with Crippen LogP contribution in [0.1, 0.15) is 55.9 Å². The van der Waals surface area contributed by atoms with Crippen LogP contribution in [0.2, 0.25) is 0 Å². The Bertz CT molecular complexity index is 1640. The van der Waals surface area contributed by atoms with Crippen LogP contribution in [0.4, 0.5) is 18.0 Å². The van der Waals surface area contributed by atoms with Gasteiger partial charge < -0.3 is 18.8 Å². The number of hydrogen-bond acceptors (Lipinski definition) is 5. The number of likely N-dealkylation sites (tertiary alicyclic amines) is 1. The van der Waals surface area contributed by atoms with Crippen LogP contribution < -0.4 is 0 Å². The normalized spacial score (nSPS) is 15.0. The van der Waals surface area contributed by atoms with Gasteiger partial charge in [-0.3, -0.25) is 0 Å². The minimum Gasteiger partial charge on any atom is -0.464 e. The van der Waals surface area contributed by atoms with E-state index in [2.05, 4.69) is 0 Å². The number of hydrogen-bond donors (Lipinski definition) is 0. The summed E-state index contributed by atoms with van der Waals surface area (Å²) in [5, 5.41) is 9.10. The van der Waals surface area contributed by atoms with Crippen molar-refractivity contribution in [2.24, 2.45) is 0 Å². The topological polar surface area (TPSA) is 75.7 Å². The maximum atomic E-state index is 13.9. The molecule has 0 aliphatic carbocycles. The third kappa shape index (κ3) is 7.76. The number of carbonyl (C=O) groups is 1. The standard InChI is InChI=1S/C36H35F3N2O4/c1-34(2,3)45-33(42)41-16-14-35(15-17-41,30-12-10-28(11-13-30)32-5-4-18-44-32)24-43-23-26-19-29(21-31(20-26)36(37,38)39)27-8-6-25(22-40)7-9-27/h4-13,18-21H,14-17,23-24H2,1-3H3. The number of amides is 1. The second-order valence-electron chi connectivity index (χ2n) is 12.4. The number of alkyl halides is 3. The number of nitrogens with zero attached hydrogens (tertiary/aromatic N) is 2. The fourth-order valence-electron chi connectivity index (χ4n) is 5.60. The molecule has 1 aliphatic heterocycles. The van der Waals surface area contributed by atoms with Crippen molar-refractivity contribution < 1.29 is 31.9 Å². The van der Waals surface area contributed by atoms with Crippen molar-refractivity contribution in [3.8, 4) is 28.5 Å². The first-order chi connectivity index (χ1) is 21.3. The molecule has 1 amide bonds. The van der Waals surface area contributed by atoms with Crippen LogP contribution in [-0.2, 0) is 27.7 Å². The molecule has 0 spiro atoms. The number of piperidine rings is 1. The van der Waals surface area contributed by atoms with E-state index in [9.17, 15) is 18.0 Å². The molecular formula is C36H35F3N2O4. The lowest BCUT2D eigenvalue weighted by Crippen LogP contribution is -2.48. The second-order valence-corrected chi connectivity index (χ2v) is 12.4. The maximum absolute atomic E-state index is 13.9. The molecule has 0 unspecified atom stereocenters. The molecule has 1 aliphatic rings. The third-order valence-electron chi connectivity index (χ3n) is 7.99. The van der Waals surface area contributed by atoms with Crippen molar-refractivity contribution in [3.63, 3.8) is 0 Å². The maximum Gasteiger partial charge on any atom is 0.416 e. The molecule has 45 heavy (non-hydrogen) atoms. The molecule has 2 heterocycles. The summed E-state index contributed by atoms with van der Waals surface area (Å²) < 4.78 is 59.0. The molecule has 1 saturated heterocycles. The van der Waals surface area contributed by atoms with Gasteiger partial charge in [0.1, 0.15) is 11.4 Å². The Labute approximate surface area is 261 Å². The van der Waals surface area contributed by atoms with Crippen LogP contribution >= 0.6 is 0 Å². The minimum absolute atomic E-state index is 0.0325. The van der Waals surface area contributed by atoms with Gasteiger partial charge in [-0.15, -0.1) is 0 Å². The quantitative estimate of drug-likeness (QED) is 0.207. The molecule has 234 valence electrons. The fraction of sp³-hybridized carbons (Fsp3) is 0.333. The van der Waals surface area contributed by atoms with Crippen LogP contribution in [0.25, 0.3) is 22.5 Å². The monoisotopic (exact) mass is 616 g/mol. The number of nitriles is 1. The van der Waals surface area contributed by atoms with Crippen LogP contribution in [0.5, 0.6) is 0 Å². The van der Waals surface area contributed by atoms with E-state index >= 15 is 0 Å². The van der Waals surface area contributed by atoms with E-state index in [0.717, 1.165) is 29.0 Å². The van der Waals surface area contributed by atoms with Gasteiger partial charge in [-0.25, -0.2) is 4.79 Å². The fourth-order valence-corrected chi connectivity index (χ4v) is 5.60. The summed E-state index contributed by atoms with van der Waals surface area (Å²) in [5.41, 5.74) is 1.86.